The second-order valence-corrected chi connectivity index (χ2v) is 6.28. The van der Waals surface area contributed by atoms with Crippen LogP contribution in [0.2, 0.25) is 5.02 Å². The second-order valence-electron chi connectivity index (χ2n) is 5.88. The first-order valence-corrected chi connectivity index (χ1v) is 8.30. The van der Waals surface area contributed by atoms with E-state index in [2.05, 4.69) is 15.4 Å². The number of carbonyl (C=O) groups excluding carboxylic acids is 1. The molecule has 2 aromatic heterocycles. The summed E-state index contributed by atoms with van der Waals surface area (Å²) < 4.78 is 2.45. The number of rotatable bonds is 3. The van der Waals surface area contributed by atoms with Crippen LogP contribution in [-0.4, -0.2) is 25.1 Å². The number of aromatic nitrogens is 4. The molecule has 1 amide bonds. The van der Waals surface area contributed by atoms with Gasteiger partial charge in [-0.05, 0) is 30.7 Å². The van der Waals surface area contributed by atoms with Crippen molar-refractivity contribution in [2.24, 2.45) is 0 Å². The van der Waals surface area contributed by atoms with Gasteiger partial charge in [0.15, 0.2) is 5.65 Å². The molecule has 0 radical (unpaired) electrons. The number of fused-ring (bicyclic) bond motifs is 3. The second kappa shape index (κ2) is 6.27. The zero-order chi connectivity index (χ0) is 18.3. The molecule has 4 rings (SSSR count). The van der Waals surface area contributed by atoms with E-state index in [0.717, 1.165) is 21.1 Å². The molecule has 0 aliphatic heterocycles. The van der Waals surface area contributed by atoms with Crippen molar-refractivity contribution in [3.63, 3.8) is 0 Å². The highest BCUT2D eigenvalue weighted by Crippen LogP contribution is 2.20. The molecule has 130 valence electrons. The predicted molar refractivity (Wildman–Crippen MR) is 99.6 cm³/mol. The fourth-order valence-electron chi connectivity index (χ4n) is 2.83. The number of para-hydroxylation sites is 2. The number of benzene rings is 2. The molecule has 2 heterocycles. The van der Waals surface area contributed by atoms with Crippen LogP contribution >= 0.6 is 11.6 Å². The number of carbonyl (C=O) groups is 1. The topological polar surface area (TPSA) is 81.3 Å². The largest absolute Gasteiger partial charge is 0.352 e. The Kier molecular flexibility index (Phi) is 3.93. The minimum absolute atomic E-state index is 0.223. The Morgan fingerprint density at radius 1 is 1.19 bits per heavy atom. The monoisotopic (exact) mass is 367 g/mol. The van der Waals surface area contributed by atoms with Crippen LogP contribution in [0.3, 0.4) is 0 Å². The van der Waals surface area contributed by atoms with Crippen LogP contribution < -0.4 is 11.0 Å². The molecule has 0 bridgehead atoms. The van der Waals surface area contributed by atoms with Gasteiger partial charge >= 0.3 is 5.69 Å². The summed E-state index contributed by atoms with van der Waals surface area (Å²) in [5.74, 6) is -0.392. The van der Waals surface area contributed by atoms with Gasteiger partial charge in [0.25, 0.3) is 0 Å². The fraction of sp³-hybridized carbons (Fsp3) is 0.111. The molecular weight excluding hydrogens is 354 g/mol. The summed E-state index contributed by atoms with van der Waals surface area (Å²) in [5, 5.41) is 8.18. The first-order chi connectivity index (χ1) is 12.5. The molecule has 0 aliphatic carbocycles. The normalized spacial score (nSPS) is 11.2. The lowest BCUT2D eigenvalue weighted by molar-refractivity contribution is -0.117. The highest BCUT2D eigenvalue weighted by molar-refractivity contribution is 6.33. The predicted octanol–water partition coefficient (Wildman–Crippen LogP) is 2.64. The highest BCUT2D eigenvalue weighted by Gasteiger charge is 2.14. The summed E-state index contributed by atoms with van der Waals surface area (Å²) in [5.41, 5.74) is 2.29. The van der Waals surface area contributed by atoms with E-state index in [1.54, 1.807) is 24.3 Å². The smallest absolute Gasteiger partial charge is 0.323 e. The molecule has 26 heavy (non-hydrogen) atoms. The van der Waals surface area contributed by atoms with E-state index in [-0.39, 0.29) is 6.54 Å². The molecule has 0 atom stereocenters. The number of anilines is 1. The van der Waals surface area contributed by atoms with Crippen molar-refractivity contribution >= 4 is 39.7 Å². The maximum absolute atomic E-state index is 12.5. The number of nitrogens with zero attached hydrogens (tertiary/aromatic N) is 4. The number of hydrogen-bond acceptors (Lipinski definition) is 4. The van der Waals surface area contributed by atoms with Gasteiger partial charge < -0.3 is 5.32 Å². The van der Waals surface area contributed by atoms with Crippen molar-refractivity contribution in [3.05, 3.63) is 69.9 Å². The minimum atomic E-state index is -0.426. The number of aryl methyl sites for hydroxylation is 1. The number of hydrogen-bond donors (Lipinski definition) is 1. The summed E-state index contributed by atoms with van der Waals surface area (Å²) in [7, 11) is 0. The molecule has 0 aliphatic rings. The Morgan fingerprint density at radius 3 is 2.81 bits per heavy atom. The van der Waals surface area contributed by atoms with Crippen LogP contribution in [0, 0.1) is 6.92 Å². The standard InChI is InChI=1S/C18H14ClN5O2/c1-11-5-4-6-12-16(11)20-10-23-17(12)22-24(18(23)26)9-15(25)21-14-8-3-2-7-13(14)19/h2-8,10H,9H2,1H3,(H,21,25). The van der Waals surface area contributed by atoms with Crippen molar-refractivity contribution in [1.29, 1.82) is 0 Å². The number of nitrogens with one attached hydrogen (secondary N) is 1. The van der Waals surface area contributed by atoms with Gasteiger partial charge in [0, 0.05) is 5.39 Å². The minimum Gasteiger partial charge on any atom is -0.323 e. The van der Waals surface area contributed by atoms with E-state index in [1.165, 1.54) is 10.7 Å². The van der Waals surface area contributed by atoms with Gasteiger partial charge in [0.1, 0.15) is 12.9 Å². The van der Waals surface area contributed by atoms with Crippen molar-refractivity contribution < 1.29 is 4.79 Å². The Morgan fingerprint density at radius 2 is 2.00 bits per heavy atom. The van der Waals surface area contributed by atoms with Crippen LogP contribution in [0.15, 0.2) is 53.6 Å². The van der Waals surface area contributed by atoms with E-state index < -0.39 is 11.6 Å². The van der Waals surface area contributed by atoms with Gasteiger partial charge in [-0.2, -0.15) is 0 Å². The van der Waals surface area contributed by atoms with Gasteiger partial charge in [-0.1, -0.05) is 35.9 Å². The fourth-order valence-corrected chi connectivity index (χ4v) is 3.01. The highest BCUT2D eigenvalue weighted by atomic mass is 35.5. The molecular formula is C18H14ClN5O2. The molecule has 0 spiro atoms. The van der Waals surface area contributed by atoms with Gasteiger partial charge in [-0.15, -0.1) is 5.10 Å². The molecule has 0 saturated heterocycles. The molecule has 0 fully saturated rings. The molecule has 0 unspecified atom stereocenters. The third-order valence-electron chi connectivity index (χ3n) is 4.09. The van der Waals surface area contributed by atoms with Crippen LogP contribution in [0.25, 0.3) is 16.6 Å². The van der Waals surface area contributed by atoms with E-state index in [4.69, 9.17) is 11.6 Å². The molecule has 2 aromatic carbocycles. The lowest BCUT2D eigenvalue weighted by Crippen LogP contribution is -2.28. The summed E-state index contributed by atoms with van der Waals surface area (Å²) in [6.45, 7) is 1.72. The van der Waals surface area contributed by atoms with Crippen LogP contribution in [0.5, 0.6) is 0 Å². The van der Waals surface area contributed by atoms with Gasteiger partial charge in [-0.25, -0.2) is 18.9 Å². The summed E-state index contributed by atoms with van der Waals surface area (Å²) >= 11 is 6.04. The van der Waals surface area contributed by atoms with Gasteiger partial charge in [0.2, 0.25) is 5.91 Å². The zero-order valence-corrected chi connectivity index (χ0v) is 14.6. The first kappa shape index (κ1) is 16.3. The first-order valence-electron chi connectivity index (χ1n) is 7.92. The lowest BCUT2D eigenvalue weighted by atomic mass is 10.1. The summed E-state index contributed by atoms with van der Waals surface area (Å²) in [6, 6.07) is 12.6. The van der Waals surface area contributed by atoms with E-state index >= 15 is 0 Å². The van der Waals surface area contributed by atoms with Crippen molar-refractivity contribution in [2.45, 2.75) is 13.5 Å². The third kappa shape index (κ3) is 2.72. The van der Waals surface area contributed by atoms with E-state index in [1.807, 2.05) is 25.1 Å². The van der Waals surface area contributed by atoms with Crippen LogP contribution in [0.1, 0.15) is 5.56 Å². The quantitative estimate of drug-likeness (QED) is 0.603. The summed E-state index contributed by atoms with van der Waals surface area (Å²) in [6.07, 6.45) is 1.43. The number of halogens is 1. The third-order valence-corrected chi connectivity index (χ3v) is 4.42. The average molecular weight is 368 g/mol. The molecule has 7 nitrogen and oxygen atoms in total. The van der Waals surface area contributed by atoms with Crippen molar-refractivity contribution in [2.75, 3.05) is 5.32 Å². The molecule has 1 N–H and O–H groups in total. The maximum Gasteiger partial charge on any atom is 0.352 e. The molecule has 0 saturated carbocycles. The molecule has 8 heteroatoms. The van der Waals surface area contributed by atoms with Crippen LogP contribution in [0.4, 0.5) is 5.69 Å². The Hall–Kier alpha value is -3.19. The van der Waals surface area contributed by atoms with E-state index in [9.17, 15) is 9.59 Å². The number of amides is 1. The van der Waals surface area contributed by atoms with Crippen molar-refractivity contribution in [1.82, 2.24) is 19.2 Å². The SMILES string of the molecule is Cc1cccc2c1ncn1c(=O)n(CC(=O)Nc3ccccc3Cl)nc21. The average Bonchev–Trinajstić information content (AvgIpc) is 2.94. The Balaban J connectivity index is 1.71. The van der Waals surface area contributed by atoms with Crippen LogP contribution in [-0.2, 0) is 11.3 Å². The maximum atomic E-state index is 12.5. The Bertz CT molecular complexity index is 1210. The summed E-state index contributed by atoms with van der Waals surface area (Å²) in [4.78, 5) is 29.1. The van der Waals surface area contributed by atoms with Gasteiger partial charge in [-0.3, -0.25) is 4.79 Å². The lowest BCUT2D eigenvalue weighted by Gasteiger charge is -2.06. The Labute approximate surface area is 152 Å². The zero-order valence-electron chi connectivity index (χ0n) is 13.8. The van der Waals surface area contributed by atoms with Crippen molar-refractivity contribution in [3.8, 4) is 0 Å². The molecule has 4 aromatic rings. The van der Waals surface area contributed by atoms with Gasteiger partial charge in [0.05, 0.1) is 16.2 Å². The van der Waals surface area contributed by atoms with E-state index in [0.29, 0.717) is 16.4 Å².